The number of methoxy groups -OCH3 is 1. The van der Waals surface area contributed by atoms with Crippen LogP contribution < -0.4 is 16.6 Å². The fourth-order valence-electron chi connectivity index (χ4n) is 3.25. The Morgan fingerprint density at radius 3 is 2.48 bits per heavy atom. The smallest absolute Gasteiger partial charge is 0.338 e. The van der Waals surface area contributed by atoms with Crippen molar-refractivity contribution in [3.8, 4) is 5.69 Å². The summed E-state index contributed by atoms with van der Waals surface area (Å²) in [5, 5.41) is 2.66. The van der Waals surface area contributed by atoms with Gasteiger partial charge in [-0.2, -0.15) is 0 Å². The van der Waals surface area contributed by atoms with E-state index in [-0.39, 0.29) is 22.6 Å². The van der Waals surface area contributed by atoms with Crippen molar-refractivity contribution in [1.82, 2.24) is 19.4 Å². The van der Waals surface area contributed by atoms with Gasteiger partial charge in [-0.3, -0.25) is 9.59 Å². The predicted molar refractivity (Wildman–Crippen MR) is 116 cm³/mol. The molecule has 1 amide bonds. The summed E-state index contributed by atoms with van der Waals surface area (Å²) in [5.74, 6) is -1.21. The lowest BCUT2D eigenvalue weighted by atomic mass is 10.1. The Kier molecular flexibility index (Phi) is 6.33. The number of aryl methyl sites for hydroxylation is 1. The molecule has 3 rings (SSSR count). The van der Waals surface area contributed by atoms with Gasteiger partial charge in [0.2, 0.25) is 5.91 Å². The number of carbonyl (C=O) groups excluding carboxylic acids is 2. The predicted octanol–water partition coefficient (Wildman–Crippen LogP) is 1.56. The van der Waals surface area contributed by atoms with Crippen LogP contribution in [0.15, 0.2) is 46.0 Å². The van der Waals surface area contributed by atoms with Crippen molar-refractivity contribution >= 4 is 22.9 Å². The fraction of sp³-hybridized carbons (Fsp3) is 0.318. The molecule has 2 heterocycles. The van der Waals surface area contributed by atoms with Gasteiger partial charge in [-0.05, 0) is 38.5 Å². The maximum absolute atomic E-state index is 13.3. The third-order valence-corrected chi connectivity index (χ3v) is 4.96. The molecule has 9 nitrogen and oxygen atoms in total. The summed E-state index contributed by atoms with van der Waals surface area (Å²) < 4.78 is 6.88. The summed E-state index contributed by atoms with van der Waals surface area (Å²) in [5.41, 5.74) is -0.613. The second-order valence-electron chi connectivity index (χ2n) is 7.22. The van der Waals surface area contributed by atoms with Crippen molar-refractivity contribution in [1.29, 1.82) is 0 Å². The highest BCUT2D eigenvalue weighted by Crippen LogP contribution is 2.18. The Morgan fingerprint density at radius 2 is 1.87 bits per heavy atom. The first-order valence-electron chi connectivity index (χ1n) is 9.88. The van der Waals surface area contributed by atoms with E-state index in [0.29, 0.717) is 17.8 Å². The van der Waals surface area contributed by atoms with Crippen molar-refractivity contribution < 1.29 is 14.3 Å². The van der Waals surface area contributed by atoms with E-state index in [2.05, 4.69) is 10.3 Å². The molecule has 0 aliphatic rings. The van der Waals surface area contributed by atoms with Crippen molar-refractivity contribution in [2.24, 2.45) is 0 Å². The number of benzene rings is 1. The quantitative estimate of drug-likeness (QED) is 0.601. The molecule has 0 fully saturated rings. The number of fused-ring (bicyclic) bond motifs is 1. The van der Waals surface area contributed by atoms with Crippen LogP contribution in [0.1, 0.15) is 36.3 Å². The molecule has 0 saturated heterocycles. The lowest BCUT2D eigenvalue weighted by Crippen LogP contribution is -2.45. The number of nitrogens with zero attached hydrogens (tertiary/aromatic N) is 3. The molecule has 0 radical (unpaired) electrons. The molecule has 162 valence electrons. The zero-order valence-corrected chi connectivity index (χ0v) is 17.8. The minimum Gasteiger partial charge on any atom is -0.465 e. The molecule has 0 aliphatic heterocycles. The summed E-state index contributed by atoms with van der Waals surface area (Å²) in [6, 6.07) is 9.91. The van der Waals surface area contributed by atoms with Crippen LogP contribution >= 0.6 is 0 Å². The zero-order chi connectivity index (χ0) is 22.7. The second kappa shape index (κ2) is 8.95. The van der Waals surface area contributed by atoms with E-state index in [4.69, 9.17) is 4.74 Å². The van der Waals surface area contributed by atoms with Crippen LogP contribution in [-0.4, -0.2) is 39.1 Å². The van der Waals surface area contributed by atoms with Crippen molar-refractivity contribution in [2.75, 3.05) is 7.11 Å². The third-order valence-electron chi connectivity index (χ3n) is 4.96. The van der Waals surface area contributed by atoms with Gasteiger partial charge in [0.05, 0.1) is 23.7 Å². The Hall–Kier alpha value is -3.75. The molecule has 31 heavy (non-hydrogen) atoms. The number of carbonyl (C=O) groups is 2. The first-order valence-corrected chi connectivity index (χ1v) is 9.88. The van der Waals surface area contributed by atoms with Crippen LogP contribution in [-0.2, 0) is 16.1 Å². The molecule has 9 heteroatoms. The van der Waals surface area contributed by atoms with Crippen LogP contribution in [0.5, 0.6) is 0 Å². The number of amides is 1. The van der Waals surface area contributed by atoms with Gasteiger partial charge in [0, 0.05) is 11.7 Å². The number of aromatic nitrogens is 3. The molecular weight excluding hydrogens is 400 g/mol. The molecule has 1 aromatic carbocycles. The van der Waals surface area contributed by atoms with Gasteiger partial charge in [0.1, 0.15) is 6.54 Å². The van der Waals surface area contributed by atoms with E-state index < -0.39 is 29.7 Å². The largest absolute Gasteiger partial charge is 0.465 e. The third kappa shape index (κ3) is 4.25. The number of nitrogens with one attached hydrogen (secondary N) is 1. The van der Waals surface area contributed by atoms with Gasteiger partial charge < -0.3 is 10.1 Å². The van der Waals surface area contributed by atoms with Gasteiger partial charge in [-0.25, -0.2) is 23.7 Å². The van der Waals surface area contributed by atoms with E-state index in [0.717, 1.165) is 4.57 Å². The molecule has 0 aliphatic carbocycles. The molecular formula is C22H24N4O5. The number of hydrogen-bond acceptors (Lipinski definition) is 6. The maximum atomic E-state index is 13.3. The summed E-state index contributed by atoms with van der Waals surface area (Å²) in [4.78, 5) is 55.9. The Bertz CT molecular complexity index is 1260. The maximum Gasteiger partial charge on any atom is 0.338 e. The normalized spacial score (nSPS) is 11.9. The zero-order valence-electron chi connectivity index (χ0n) is 17.8. The van der Waals surface area contributed by atoms with Crippen LogP contribution in [0.3, 0.4) is 0 Å². The number of esters is 1. The van der Waals surface area contributed by atoms with Gasteiger partial charge in [0.25, 0.3) is 5.56 Å². The Labute approximate surface area is 178 Å². The van der Waals surface area contributed by atoms with Crippen molar-refractivity contribution in [3.05, 3.63) is 68.5 Å². The SMILES string of the molecule is CC[C@@H](C)NC(=O)Cn1c(=O)c2c(C(=O)OC)cc(C)nc2n(-c2ccccc2)c1=O. The van der Waals surface area contributed by atoms with Crippen LogP contribution in [0.4, 0.5) is 0 Å². The number of para-hydroxylation sites is 1. The van der Waals surface area contributed by atoms with Crippen LogP contribution in [0.25, 0.3) is 16.7 Å². The first-order chi connectivity index (χ1) is 14.8. The molecule has 0 saturated carbocycles. The van der Waals surface area contributed by atoms with E-state index >= 15 is 0 Å². The van der Waals surface area contributed by atoms with Gasteiger partial charge in [-0.1, -0.05) is 25.1 Å². The average molecular weight is 424 g/mol. The molecule has 0 bridgehead atoms. The summed E-state index contributed by atoms with van der Waals surface area (Å²) in [7, 11) is 1.20. The van der Waals surface area contributed by atoms with Gasteiger partial charge in [-0.15, -0.1) is 0 Å². The average Bonchev–Trinajstić information content (AvgIpc) is 2.76. The summed E-state index contributed by atoms with van der Waals surface area (Å²) in [6.45, 7) is 4.90. The topological polar surface area (TPSA) is 112 Å². The van der Waals surface area contributed by atoms with E-state index in [1.54, 1.807) is 37.3 Å². The molecule has 3 aromatic rings. The van der Waals surface area contributed by atoms with E-state index in [1.807, 2.05) is 13.8 Å². The van der Waals surface area contributed by atoms with Gasteiger partial charge in [0.15, 0.2) is 5.65 Å². The summed E-state index contributed by atoms with van der Waals surface area (Å²) >= 11 is 0. The number of rotatable bonds is 6. The van der Waals surface area contributed by atoms with E-state index in [1.165, 1.54) is 17.7 Å². The van der Waals surface area contributed by atoms with Crippen molar-refractivity contribution in [2.45, 2.75) is 39.8 Å². The molecule has 1 atom stereocenters. The Balaban J connectivity index is 2.39. The molecule has 1 N–H and O–H groups in total. The highest BCUT2D eigenvalue weighted by atomic mass is 16.5. The minimum atomic E-state index is -0.778. The second-order valence-corrected chi connectivity index (χ2v) is 7.22. The monoisotopic (exact) mass is 424 g/mol. The lowest BCUT2D eigenvalue weighted by molar-refractivity contribution is -0.122. The van der Waals surface area contributed by atoms with Crippen LogP contribution in [0.2, 0.25) is 0 Å². The van der Waals surface area contributed by atoms with Crippen LogP contribution in [0, 0.1) is 6.92 Å². The van der Waals surface area contributed by atoms with Gasteiger partial charge >= 0.3 is 11.7 Å². The lowest BCUT2D eigenvalue weighted by Gasteiger charge is -2.16. The van der Waals surface area contributed by atoms with Crippen molar-refractivity contribution in [3.63, 3.8) is 0 Å². The highest BCUT2D eigenvalue weighted by molar-refractivity contribution is 6.02. The first kappa shape index (κ1) is 21.9. The molecule has 0 spiro atoms. The van der Waals surface area contributed by atoms with E-state index in [9.17, 15) is 19.2 Å². The standard InChI is InChI=1S/C22H24N4O5/c1-5-13(2)23-17(27)12-25-20(28)18-16(21(29)31-4)11-14(3)24-19(18)26(22(25)30)15-9-7-6-8-10-15/h6-11,13H,5,12H2,1-4H3,(H,23,27)/t13-/m1/s1. The number of pyridine rings is 1. The highest BCUT2D eigenvalue weighted by Gasteiger charge is 2.23. The fourth-order valence-corrected chi connectivity index (χ4v) is 3.25. The molecule has 2 aromatic heterocycles. The Morgan fingerprint density at radius 1 is 1.19 bits per heavy atom. The number of hydrogen-bond donors (Lipinski definition) is 1. The molecule has 0 unspecified atom stereocenters. The number of ether oxygens (including phenoxy) is 1. The minimum absolute atomic E-state index is 0.0178. The summed E-state index contributed by atoms with van der Waals surface area (Å²) in [6.07, 6.45) is 0.697.